The Labute approximate surface area is 348 Å². The van der Waals surface area contributed by atoms with Crippen molar-refractivity contribution >= 4 is 13.8 Å². The molecule has 0 saturated heterocycles. The fourth-order valence-electron chi connectivity index (χ4n) is 6.84. The van der Waals surface area contributed by atoms with Gasteiger partial charge < -0.3 is 18.9 Å². The molecule has 0 heterocycles. The molecule has 56 heavy (non-hydrogen) atoms. The Bertz CT molecular complexity index is 909. The number of likely N-dealkylation sites (N-methyl/N-ethyl adjacent to an activating group) is 1. The van der Waals surface area contributed by atoms with Crippen molar-refractivity contribution in [3.05, 3.63) is 12.2 Å². The van der Waals surface area contributed by atoms with E-state index in [0.717, 1.165) is 32.1 Å². The van der Waals surface area contributed by atoms with Crippen molar-refractivity contribution in [2.45, 2.75) is 232 Å². The van der Waals surface area contributed by atoms with Crippen LogP contribution >= 0.6 is 7.82 Å². The van der Waals surface area contributed by atoms with Crippen LogP contribution < -0.4 is 0 Å². The van der Waals surface area contributed by atoms with Gasteiger partial charge in [-0.1, -0.05) is 193 Å². The van der Waals surface area contributed by atoms with Gasteiger partial charge in [0.1, 0.15) is 19.3 Å². The number of unbranched alkanes of at least 4 members (excludes halogenated alkanes) is 29. The molecule has 0 saturated carbocycles. The Morgan fingerprint density at radius 3 is 1.36 bits per heavy atom. The summed E-state index contributed by atoms with van der Waals surface area (Å²) in [6.07, 6.45) is 45.4. The number of phosphoric acid groups is 1. The first-order valence-corrected chi connectivity index (χ1v) is 25.4. The second kappa shape index (κ2) is 41.0. The summed E-state index contributed by atoms with van der Waals surface area (Å²) in [4.78, 5) is 22.9. The zero-order chi connectivity index (χ0) is 41.3. The van der Waals surface area contributed by atoms with Gasteiger partial charge in [-0.05, 0) is 38.5 Å². The van der Waals surface area contributed by atoms with E-state index in [2.05, 4.69) is 26.0 Å². The minimum atomic E-state index is -4.27. The number of esters is 1. The molecule has 0 radical (unpaired) electrons. The molecule has 0 aromatic carbocycles. The highest BCUT2D eigenvalue weighted by molar-refractivity contribution is 7.47. The van der Waals surface area contributed by atoms with Gasteiger partial charge in [-0.2, -0.15) is 0 Å². The number of allylic oxidation sites excluding steroid dienone is 2. The molecule has 0 fully saturated rings. The third-order valence-electron chi connectivity index (χ3n) is 10.6. The third kappa shape index (κ3) is 44.3. The van der Waals surface area contributed by atoms with Gasteiger partial charge in [0, 0.05) is 13.0 Å². The number of nitrogens with zero attached hydrogens (tertiary/aromatic N) is 1. The van der Waals surface area contributed by atoms with Gasteiger partial charge in [0.25, 0.3) is 0 Å². The molecule has 0 aromatic heterocycles. The first kappa shape index (κ1) is 55.2. The molecule has 8 nitrogen and oxygen atoms in total. The Morgan fingerprint density at radius 2 is 0.929 bits per heavy atom. The minimum absolute atomic E-state index is 0.0919. The number of carbonyl (C=O) groups excluding carboxylic acids is 1. The highest BCUT2D eigenvalue weighted by Gasteiger charge is 2.26. The molecule has 0 aromatic rings. The Kier molecular flexibility index (Phi) is 40.4. The van der Waals surface area contributed by atoms with E-state index in [1.807, 2.05) is 21.1 Å². The molecule has 0 aliphatic carbocycles. The van der Waals surface area contributed by atoms with Crippen LogP contribution in [0.3, 0.4) is 0 Å². The van der Waals surface area contributed by atoms with E-state index in [1.165, 1.54) is 173 Å². The van der Waals surface area contributed by atoms with E-state index < -0.39 is 13.9 Å². The summed E-state index contributed by atoms with van der Waals surface area (Å²) in [5, 5.41) is 0. The molecule has 2 atom stereocenters. The zero-order valence-corrected chi connectivity index (χ0v) is 38.8. The monoisotopic (exact) mass is 817 g/mol. The number of rotatable bonds is 45. The molecule has 0 amide bonds. The van der Waals surface area contributed by atoms with E-state index >= 15 is 0 Å². The quantitative estimate of drug-likeness (QED) is 0.0215. The summed E-state index contributed by atoms with van der Waals surface area (Å²) in [5.41, 5.74) is 0. The predicted molar refractivity (Wildman–Crippen MR) is 238 cm³/mol. The predicted octanol–water partition coefficient (Wildman–Crippen LogP) is 14.2. The molecule has 334 valence electrons. The van der Waals surface area contributed by atoms with E-state index in [1.54, 1.807) is 0 Å². The fourth-order valence-corrected chi connectivity index (χ4v) is 7.58. The normalized spacial score (nSPS) is 13.8. The summed E-state index contributed by atoms with van der Waals surface area (Å²) in [7, 11) is 1.68. The summed E-state index contributed by atoms with van der Waals surface area (Å²) in [6.45, 7) is 5.66. The van der Waals surface area contributed by atoms with Crippen LogP contribution in [0.25, 0.3) is 0 Å². The summed E-state index contributed by atoms with van der Waals surface area (Å²) < 4.78 is 35.0. The van der Waals surface area contributed by atoms with E-state index in [4.69, 9.17) is 18.5 Å². The van der Waals surface area contributed by atoms with Gasteiger partial charge in [0.2, 0.25) is 0 Å². The standard InChI is InChI=1S/C47H94NO7P/c1-6-8-10-12-14-16-18-19-20-21-22-23-24-25-26-27-28-29-30-32-34-36-38-40-47(49)55-46(45-54-56(50,51)53-43-41-48(3,4)5)44-52-42-39-37-35-33-31-17-15-13-11-9-7-2/h21-22,46H,6-20,23-45H2,1-5H3/p+1/b22-21-. The average Bonchev–Trinajstić information content (AvgIpc) is 3.15. The number of quaternary nitrogens is 1. The lowest BCUT2D eigenvalue weighted by molar-refractivity contribution is -0.870. The third-order valence-corrected chi connectivity index (χ3v) is 11.6. The molecule has 0 bridgehead atoms. The van der Waals surface area contributed by atoms with Gasteiger partial charge in [0.05, 0.1) is 34.4 Å². The van der Waals surface area contributed by atoms with Crippen molar-refractivity contribution in [3.8, 4) is 0 Å². The first-order chi connectivity index (χ1) is 27.1. The van der Waals surface area contributed by atoms with Gasteiger partial charge in [-0.25, -0.2) is 4.57 Å². The van der Waals surface area contributed by atoms with Gasteiger partial charge in [0.15, 0.2) is 0 Å². The molecule has 9 heteroatoms. The Balaban J connectivity index is 4.06. The van der Waals surface area contributed by atoms with Crippen LogP contribution in [0.5, 0.6) is 0 Å². The Hall–Kier alpha value is -0.760. The summed E-state index contributed by atoms with van der Waals surface area (Å²) >= 11 is 0. The average molecular weight is 817 g/mol. The maximum atomic E-state index is 12.7. The van der Waals surface area contributed by atoms with Gasteiger partial charge in [-0.15, -0.1) is 0 Å². The van der Waals surface area contributed by atoms with Crippen molar-refractivity contribution in [3.63, 3.8) is 0 Å². The number of hydrogen-bond donors (Lipinski definition) is 1. The van der Waals surface area contributed by atoms with Gasteiger partial charge >= 0.3 is 13.8 Å². The van der Waals surface area contributed by atoms with E-state index in [9.17, 15) is 14.3 Å². The lowest BCUT2D eigenvalue weighted by Gasteiger charge is -2.24. The largest absolute Gasteiger partial charge is 0.472 e. The van der Waals surface area contributed by atoms with Crippen molar-refractivity contribution in [1.29, 1.82) is 0 Å². The second-order valence-electron chi connectivity index (χ2n) is 17.5. The SMILES string of the molecule is CCCCCCCCCC/C=C\CCCCCCCCCCCCCC(=O)OC(COCCCCCCCCCCCCC)COP(=O)(O)OCC[N+](C)(C)C. The fraction of sp³-hybridized carbons (Fsp3) is 0.936. The van der Waals surface area contributed by atoms with Crippen molar-refractivity contribution in [1.82, 2.24) is 0 Å². The number of ether oxygens (including phenoxy) is 2. The minimum Gasteiger partial charge on any atom is -0.457 e. The lowest BCUT2D eigenvalue weighted by atomic mass is 10.0. The molecule has 1 N–H and O–H groups in total. The molecule has 0 rings (SSSR count). The summed E-state index contributed by atoms with van der Waals surface area (Å²) in [6, 6.07) is 0. The highest BCUT2D eigenvalue weighted by Crippen LogP contribution is 2.43. The molecule has 0 spiro atoms. The lowest BCUT2D eigenvalue weighted by Crippen LogP contribution is -2.37. The van der Waals surface area contributed by atoms with E-state index in [0.29, 0.717) is 24.1 Å². The van der Waals surface area contributed by atoms with Crippen molar-refractivity contribution in [2.75, 3.05) is 54.1 Å². The molecule has 0 aliphatic rings. The van der Waals surface area contributed by atoms with Crippen LogP contribution in [0, 0.1) is 0 Å². The first-order valence-electron chi connectivity index (χ1n) is 23.9. The van der Waals surface area contributed by atoms with Crippen LogP contribution in [-0.4, -0.2) is 75.6 Å². The summed E-state index contributed by atoms with van der Waals surface area (Å²) in [5.74, 6) is -0.311. The maximum absolute atomic E-state index is 12.7. The van der Waals surface area contributed by atoms with Crippen LogP contribution in [0.2, 0.25) is 0 Å². The molecular formula is C47H95NO7P+. The van der Waals surface area contributed by atoms with E-state index in [-0.39, 0.29) is 25.8 Å². The van der Waals surface area contributed by atoms with Crippen LogP contribution in [0.4, 0.5) is 0 Å². The second-order valence-corrected chi connectivity index (χ2v) is 19.0. The molecular weight excluding hydrogens is 721 g/mol. The molecule has 0 aliphatic heterocycles. The topological polar surface area (TPSA) is 91.3 Å². The number of carbonyl (C=O) groups is 1. The molecule has 2 unspecified atom stereocenters. The van der Waals surface area contributed by atoms with Crippen LogP contribution in [-0.2, 0) is 27.9 Å². The highest BCUT2D eigenvalue weighted by atomic mass is 31.2. The smallest absolute Gasteiger partial charge is 0.457 e. The number of hydrogen-bond acceptors (Lipinski definition) is 6. The van der Waals surface area contributed by atoms with Crippen LogP contribution in [0.15, 0.2) is 12.2 Å². The number of phosphoric ester groups is 1. The van der Waals surface area contributed by atoms with Gasteiger partial charge in [-0.3, -0.25) is 13.8 Å². The van der Waals surface area contributed by atoms with Crippen molar-refractivity contribution < 1.29 is 37.3 Å². The zero-order valence-electron chi connectivity index (χ0n) is 37.9. The van der Waals surface area contributed by atoms with Crippen LogP contribution in [0.1, 0.15) is 226 Å². The maximum Gasteiger partial charge on any atom is 0.472 e. The Morgan fingerprint density at radius 1 is 0.536 bits per heavy atom. The van der Waals surface area contributed by atoms with Crippen molar-refractivity contribution in [2.24, 2.45) is 0 Å².